The van der Waals surface area contributed by atoms with Gasteiger partial charge in [0.25, 0.3) is 11.8 Å². The Balaban J connectivity index is 1.43. The fourth-order valence-corrected chi connectivity index (χ4v) is 4.71. The Hall–Kier alpha value is -3.23. The molecule has 0 unspecified atom stereocenters. The molecule has 2 amide bonds. The summed E-state index contributed by atoms with van der Waals surface area (Å²) >= 11 is 0. The number of benzene rings is 2. The number of fused-ring (bicyclic) bond motifs is 5. The topological polar surface area (TPSA) is 82.5 Å². The van der Waals surface area contributed by atoms with Crippen LogP contribution in [-0.4, -0.2) is 70.9 Å². The van der Waals surface area contributed by atoms with Crippen LogP contribution in [0.5, 0.6) is 0 Å². The van der Waals surface area contributed by atoms with Crippen molar-refractivity contribution in [2.45, 2.75) is 32.4 Å². The van der Waals surface area contributed by atoms with Crippen molar-refractivity contribution in [3.63, 3.8) is 0 Å². The molecule has 178 valence electrons. The van der Waals surface area contributed by atoms with Crippen molar-refractivity contribution in [3.05, 3.63) is 59.2 Å². The van der Waals surface area contributed by atoms with Crippen molar-refractivity contribution in [1.82, 2.24) is 24.7 Å². The van der Waals surface area contributed by atoms with Crippen LogP contribution in [0, 0.1) is 0 Å². The second-order valence-corrected chi connectivity index (χ2v) is 9.34. The lowest BCUT2D eigenvalue weighted by Gasteiger charge is -2.32. The molecule has 2 aliphatic rings. The molecule has 1 fully saturated rings. The number of amides is 2. The van der Waals surface area contributed by atoms with Gasteiger partial charge in [-0.3, -0.25) is 19.8 Å². The number of piperazine rings is 1. The zero-order chi connectivity index (χ0) is 23.5. The van der Waals surface area contributed by atoms with Crippen LogP contribution in [0.4, 0.5) is 5.95 Å². The van der Waals surface area contributed by atoms with E-state index in [9.17, 15) is 9.59 Å². The highest BCUT2D eigenvalue weighted by atomic mass is 16.2. The van der Waals surface area contributed by atoms with E-state index >= 15 is 0 Å². The van der Waals surface area contributed by atoms with Gasteiger partial charge in [0, 0.05) is 56.9 Å². The molecule has 3 heterocycles. The lowest BCUT2D eigenvalue weighted by Crippen LogP contribution is -2.43. The molecule has 2 aliphatic heterocycles. The molecule has 3 aromatic rings. The van der Waals surface area contributed by atoms with Crippen molar-refractivity contribution in [1.29, 1.82) is 0 Å². The van der Waals surface area contributed by atoms with E-state index in [1.807, 2.05) is 0 Å². The third kappa shape index (κ3) is 4.98. The maximum absolute atomic E-state index is 13.0. The zero-order valence-corrected chi connectivity index (χ0v) is 19.7. The predicted octanol–water partition coefficient (Wildman–Crippen LogP) is 2.95. The summed E-state index contributed by atoms with van der Waals surface area (Å²) in [5.41, 5.74) is 4.11. The van der Waals surface area contributed by atoms with E-state index in [0.717, 1.165) is 69.6 Å². The van der Waals surface area contributed by atoms with Crippen molar-refractivity contribution in [2.24, 2.45) is 0 Å². The lowest BCUT2D eigenvalue weighted by molar-refractivity contribution is 0.0953. The smallest absolute Gasteiger partial charge is 0.257 e. The Morgan fingerprint density at radius 1 is 0.882 bits per heavy atom. The third-order valence-corrected chi connectivity index (χ3v) is 6.77. The van der Waals surface area contributed by atoms with E-state index in [-0.39, 0.29) is 11.8 Å². The number of aromatic nitrogens is 2. The highest BCUT2D eigenvalue weighted by molar-refractivity contribution is 6.06. The Morgan fingerprint density at radius 3 is 2.50 bits per heavy atom. The molecule has 1 aromatic heterocycles. The first-order valence-corrected chi connectivity index (χ1v) is 12.2. The standard InChI is InChI=1S/C26H32N6O2/c1-30-12-14-31(15-13-30)18-19-8-9-23-22(16-19)28-26-29-25(34)21-7-5-6-20(17-21)24(33)27-10-3-2-4-11-32(23)26/h5-9,16-17H,2-4,10-15,18H2,1H3,(H,27,33)(H,28,29,34). The Kier molecular flexibility index (Phi) is 6.60. The monoisotopic (exact) mass is 460 g/mol. The number of hydrogen-bond acceptors (Lipinski definition) is 5. The molecular formula is C26H32N6O2. The van der Waals surface area contributed by atoms with Crippen LogP contribution in [0.2, 0.25) is 0 Å². The average Bonchev–Trinajstić information content (AvgIpc) is 3.18. The molecule has 2 bridgehead atoms. The summed E-state index contributed by atoms with van der Waals surface area (Å²) in [7, 11) is 2.17. The second-order valence-electron chi connectivity index (χ2n) is 9.34. The first kappa shape index (κ1) is 22.6. The van der Waals surface area contributed by atoms with E-state index in [1.165, 1.54) is 5.56 Å². The molecule has 34 heavy (non-hydrogen) atoms. The summed E-state index contributed by atoms with van der Waals surface area (Å²) in [4.78, 5) is 35.1. The number of hydrogen-bond donors (Lipinski definition) is 2. The first-order valence-electron chi connectivity index (χ1n) is 12.2. The Labute approximate surface area is 199 Å². The van der Waals surface area contributed by atoms with Crippen LogP contribution in [-0.2, 0) is 13.1 Å². The Morgan fingerprint density at radius 2 is 1.68 bits per heavy atom. The fourth-order valence-electron chi connectivity index (χ4n) is 4.71. The van der Waals surface area contributed by atoms with Gasteiger partial charge in [0.15, 0.2) is 0 Å². The maximum Gasteiger partial charge on any atom is 0.257 e. The van der Waals surface area contributed by atoms with Gasteiger partial charge in [0.2, 0.25) is 5.95 Å². The number of carbonyl (C=O) groups is 2. The fraction of sp³-hybridized carbons (Fsp3) is 0.423. The van der Waals surface area contributed by atoms with Gasteiger partial charge in [-0.15, -0.1) is 0 Å². The number of nitrogens with one attached hydrogen (secondary N) is 2. The number of imidazole rings is 1. The number of carbonyl (C=O) groups excluding carboxylic acids is 2. The number of likely N-dealkylation sites (N-methyl/N-ethyl adjacent to an activating group) is 1. The van der Waals surface area contributed by atoms with E-state index in [4.69, 9.17) is 4.98 Å². The van der Waals surface area contributed by atoms with Crippen LogP contribution in [0.25, 0.3) is 11.0 Å². The first-order chi connectivity index (χ1) is 16.6. The molecule has 2 aromatic carbocycles. The zero-order valence-electron chi connectivity index (χ0n) is 19.7. The summed E-state index contributed by atoms with van der Waals surface area (Å²) in [6, 6.07) is 13.3. The molecule has 8 nitrogen and oxygen atoms in total. The maximum atomic E-state index is 13.0. The number of rotatable bonds is 2. The SMILES string of the molecule is CN1CCN(Cc2ccc3c(c2)nc2n3CCCCCNC(=O)c3cccc(c3)C(=O)N2)CC1. The molecule has 0 spiro atoms. The summed E-state index contributed by atoms with van der Waals surface area (Å²) in [6.45, 7) is 6.62. The number of aryl methyl sites for hydroxylation is 1. The molecule has 1 saturated heterocycles. The van der Waals surface area contributed by atoms with E-state index in [2.05, 4.69) is 50.2 Å². The van der Waals surface area contributed by atoms with Crippen LogP contribution in [0.3, 0.4) is 0 Å². The van der Waals surface area contributed by atoms with Gasteiger partial charge in [0.1, 0.15) is 0 Å². The van der Waals surface area contributed by atoms with Gasteiger partial charge in [-0.25, -0.2) is 4.98 Å². The van der Waals surface area contributed by atoms with E-state index in [1.54, 1.807) is 24.3 Å². The Bertz CT molecular complexity index is 1200. The average molecular weight is 461 g/mol. The van der Waals surface area contributed by atoms with Gasteiger partial charge in [-0.1, -0.05) is 12.1 Å². The quantitative estimate of drug-likeness (QED) is 0.615. The van der Waals surface area contributed by atoms with Crippen molar-refractivity contribution >= 4 is 28.8 Å². The lowest BCUT2D eigenvalue weighted by atomic mass is 10.1. The molecule has 0 atom stereocenters. The minimum Gasteiger partial charge on any atom is -0.352 e. The summed E-state index contributed by atoms with van der Waals surface area (Å²) in [6.07, 6.45) is 2.84. The third-order valence-electron chi connectivity index (χ3n) is 6.77. The molecule has 0 saturated carbocycles. The highest BCUT2D eigenvalue weighted by Crippen LogP contribution is 2.24. The summed E-state index contributed by atoms with van der Waals surface area (Å²) < 4.78 is 2.11. The predicted molar refractivity (Wildman–Crippen MR) is 133 cm³/mol. The van der Waals surface area contributed by atoms with Crippen LogP contribution >= 0.6 is 0 Å². The molecule has 0 aliphatic carbocycles. The van der Waals surface area contributed by atoms with Gasteiger partial charge >= 0.3 is 0 Å². The molecular weight excluding hydrogens is 428 g/mol. The van der Waals surface area contributed by atoms with Gasteiger partial charge in [-0.05, 0) is 62.2 Å². The van der Waals surface area contributed by atoms with E-state index in [0.29, 0.717) is 23.6 Å². The minimum absolute atomic E-state index is 0.146. The van der Waals surface area contributed by atoms with E-state index < -0.39 is 0 Å². The molecule has 5 rings (SSSR count). The van der Waals surface area contributed by atoms with Crippen LogP contribution in [0.15, 0.2) is 42.5 Å². The van der Waals surface area contributed by atoms with Gasteiger partial charge < -0.3 is 14.8 Å². The van der Waals surface area contributed by atoms with Crippen molar-refractivity contribution in [3.8, 4) is 0 Å². The summed E-state index contributed by atoms with van der Waals surface area (Å²) in [5.74, 6) is 0.149. The second kappa shape index (κ2) is 9.95. The van der Waals surface area contributed by atoms with Crippen LogP contribution < -0.4 is 10.6 Å². The normalized spacial score (nSPS) is 18.7. The number of nitrogens with zero attached hydrogens (tertiary/aromatic N) is 4. The molecule has 2 N–H and O–H groups in total. The van der Waals surface area contributed by atoms with Gasteiger partial charge in [-0.2, -0.15) is 0 Å². The van der Waals surface area contributed by atoms with Crippen molar-refractivity contribution < 1.29 is 9.59 Å². The largest absolute Gasteiger partial charge is 0.352 e. The highest BCUT2D eigenvalue weighted by Gasteiger charge is 2.18. The van der Waals surface area contributed by atoms with Crippen LogP contribution in [0.1, 0.15) is 45.5 Å². The summed E-state index contributed by atoms with van der Waals surface area (Å²) in [5, 5.41) is 5.95. The minimum atomic E-state index is -0.263. The molecule has 0 radical (unpaired) electrons. The molecule has 8 heteroatoms. The van der Waals surface area contributed by atoms with Gasteiger partial charge in [0.05, 0.1) is 11.0 Å². The van der Waals surface area contributed by atoms with Crippen molar-refractivity contribution in [2.75, 3.05) is 45.1 Å². The number of anilines is 1.